The predicted molar refractivity (Wildman–Crippen MR) is 60.6 cm³/mol. The highest BCUT2D eigenvalue weighted by atomic mass is 16.5. The van der Waals surface area contributed by atoms with Gasteiger partial charge in [0.25, 0.3) is 0 Å². The second kappa shape index (κ2) is 6.86. The molecule has 1 aromatic rings. The highest BCUT2D eigenvalue weighted by Gasteiger charge is 1.95. The van der Waals surface area contributed by atoms with Gasteiger partial charge in [-0.15, -0.1) is 12.3 Å². The molecule has 0 aliphatic heterocycles. The standard InChI is InChI=1S/C12H16N2O/c1-3-5-8-15-12-7-6-11(14-10-12)9-13-4-2/h1,6-7,10,13H,4-5,8-9H2,2H3. The zero-order chi connectivity index (χ0) is 10.9. The first-order valence-corrected chi connectivity index (χ1v) is 5.08. The Morgan fingerprint density at radius 1 is 1.53 bits per heavy atom. The summed E-state index contributed by atoms with van der Waals surface area (Å²) in [6.07, 6.45) is 7.47. The lowest BCUT2D eigenvalue weighted by atomic mass is 10.3. The summed E-state index contributed by atoms with van der Waals surface area (Å²) < 4.78 is 5.38. The van der Waals surface area contributed by atoms with Crippen molar-refractivity contribution in [1.29, 1.82) is 0 Å². The van der Waals surface area contributed by atoms with Crippen molar-refractivity contribution in [3.8, 4) is 18.1 Å². The topological polar surface area (TPSA) is 34.1 Å². The van der Waals surface area contributed by atoms with Crippen LogP contribution in [0.25, 0.3) is 0 Å². The molecule has 0 unspecified atom stereocenters. The van der Waals surface area contributed by atoms with E-state index in [9.17, 15) is 0 Å². The van der Waals surface area contributed by atoms with Gasteiger partial charge in [-0.1, -0.05) is 6.92 Å². The predicted octanol–water partition coefficient (Wildman–Crippen LogP) is 1.59. The van der Waals surface area contributed by atoms with Gasteiger partial charge < -0.3 is 10.1 Å². The molecule has 3 nitrogen and oxygen atoms in total. The van der Waals surface area contributed by atoms with Gasteiger partial charge >= 0.3 is 0 Å². The van der Waals surface area contributed by atoms with E-state index in [1.807, 2.05) is 12.1 Å². The fraction of sp³-hybridized carbons (Fsp3) is 0.417. The Morgan fingerprint density at radius 2 is 2.40 bits per heavy atom. The molecule has 3 heteroatoms. The molecule has 80 valence electrons. The molecule has 1 heterocycles. The number of aromatic nitrogens is 1. The Hall–Kier alpha value is -1.53. The van der Waals surface area contributed by atoms with Crippen molar-refractivity contribution in [2.24, 2.45) is 0 Å². The highest BCUT2D eigenvalue weighted by molar-refractivity contribution is 5.19. The zero-order valence-corrected chi connectivity index (χ0v) is 8.99. The maximum atomic E-state index is 5.38. The van der Waals surface area contributed by atoms with Crippen LogP contribution in [0.1, 0.15) is 19.0 Å². The zero-order valence-electron chi connectivity index (χ0n) is 8.99. The Bertz CT molecular complexity index is 313. The molecule has 0 amide bonds. The summed E-state index contributed by atoms with van der Waals surface area (Å²) in [5.74, 6) is 3.29. The van der Waals surface area contributed by atoms with Gasteiger partial charge in [-0.2, -0.15) is 0 Å². The van der Waals surface area contributed by atoms with Crippen LogP contribution in [-0.2, 0) is 6.54 Å². The average Bonchev–Trinajstić information content (AvgIpc) is 2.28. The molecule has 0 aliphatic carbocycles. The lowest BCUT2D eigenvalue weighted by Gasteiger charge is -2.05. The van der Waals surface area contributed by atoms with Gasteiger partial charge in [0, 0.05) is 13.0 Å². The van der Waals surface area contributed by atoms with Crippen molar-refractivity contribution >= 4 is 0 Å². The number of nitrogens with zero attached hydrogens (tertiary/aromatic N) is 1. The summed E-state index contributed by atoms with van der Waals surface area (Å²) >= 11 is 0. The van der Waals surface area contributed by atoms with E-state index in [4.69, 9.17) is 11.2 Å². The average molecular weight is 204 g/mol. The first kappa shape index (κ1) is 11.5. The molecule has 0 fully saturated rings. The normalized spacial score (nSPS) is 9.60. The van der Waals surface area contributed by atoms with Gasteiger partial charge in [0.15, 0.2) is 0 Å². The van der Waals surface area contributed by atoms with Crippen molar-refractivity contribution in [2.75, 3.05) is 13.2 Å². The fourth-order valence-corrected chi connectivity index (χ4v) is 1.08. The van der Waals surface area contributed by atoms with E-state index in [1.54, 1.807) is 6.20 Å². The van der Waals surface area contributed by atoms with Crippen molar-refractivity contribution in [3.05, 3.63) is 24.0 Å². The lowest BCUT2D eigenvalue weighted by molar-refractivity contribution is 0.325. The van der Waals surface area contributed by atoms with Crippen molar-refractivity contribution in [3.63, 3.8) is 0 Å². The molecule has 0 aromatic carbocycles. The van der Waals surface area contributed by atoms with Gasteiger partial charge in [0.05, 0.1) is 18.5 Å². The summed E-state index contributed by atoms with van der Waals surface area (Å²) in [5.41, 5.74) is 1.01. The summed E-state index contributed by atoms with van der Waals surface area (Å²) in [4.78, 5) is 4.26. The summed E-state index contributed by atoms with van der Waals surface area (Å²) in [6.45, 7) is 4.35. The number of hydrogen-bond acceptors (Lipinski definition) is 3. The molecular weight excluding hydrogens is 188 g/mol. The van der Waals surface area contributed by atoms with Crippen molar-refractivity contribution < 1.29 is 4.74 Å². The van der Waals surface area contributed by atoms with Crippen LogP contribution in [0.15, 0.2) is 18.3 Å². The van der Waals surface area contributed by atoms with Gasteiger partial charge in [-0.05, 0) is 18.7 Å². The second-order valence-electron chi connectivity index (χ2n) is 3.07. The van der Waals surface area contributed by atoms with E-state index in [2.05, 4.69) is 23.1 Å². The maximum absolute atomic E-state index is 5.38. The van der Waals surface area contributed by atoms with Crippen LogP contribution in [0.5, 0.6) is 5.75 Å². The number of pyridine rings is 1. The smallest absolute Gasteiger partial charge is 0.137 e. The van der Waals surface area contributed by atoms with Crippen LogP contribution < -0.4 is 10.1 Å². The Labute approximate surface area is 90.9 Å². The minimum atomic E-state index is 0.546. The van der Waals surface area contributed by atoms with Gasteiger partial charge in [-0.3, -0.25) is 4.98 Å². The van der Waals surface area contributed by atoms with Crippen LogP contribution >= 0.6 is 0 Å². The molecule has 0 saturated heterocycles. The molecule has 1 N–H and O–H groups in total. The molecule has 1 aromatic heterocycles. The van der Waals surface area contributed by atoms with Gasteiger partial charge in [0.1, 0.15) is 5.75 Å². The van der Waals surface area contributed by atoms with E-state index in [-0.39, 0.29) is 0 Å². The first-order valence-electron chi connectivity index (χ1n) is 5.08. The van der Waals surface area contributed by atoms with Crippen LogP contribution in [0.3, 0.4) is 0 Å². The molecule has 1 rings (SSSR count). The quantitative estimate of drug-likeness (QED) is 0.564. The summed E-state index contributed by atoms with van der Waals surface area (Å²) in [6, 6.07) is 3.87. The van der Waals surface area contributed by atoms with E-state index >= 15 is 0 Å². The van der Waals surface area contributed by atoms with Gasteiger partial charge in [-0.25, -0.2) is 0 Å². The maximum Gasteiger partial charge on any atom is 0.137 e. The Morgan fingerprint density at radius 3 is 3.00 bits per heavy atom. The van der Waals surface area contributed by atoms with Gasteiger partial charge in [0.2, 0.25) is 0 Å². The van der Waals surface area contributed by atoms with Crippen LogP contribution in [0, 0.1) is 12.3 Å². The Balaban J connectivity index is 2.39. The third-order valence-corrected chi connectivity index (χ3v) is 1.87. The van der Waals surface area contributed by atoms with Crippen molar-refractivity contribution in [1.82, 2.24) is 10.3 Å². The monoisotopic (exact) mass is 204 g/mol. The molecule has 0 saturated carbocycles. The molecule has 15 heavy (non-hydrogen) atoms. The number of nitrogens with one attached hydrogen (secondary N) is 1. The Kier molecular flexibility index (Phi) is 5.28. The largest absolute Gasteiger partial charge is 0.491 e. The van der Waals surface area contributed by atoms with Crippen LogP contribution in [0.4, 0.5) is 0 Å². The molecule has 0 aliphatic rings. The van der Waals surface area contributed by atoms with E-state index < -0.39 is 0 Å². The lowest BCUT2D eigenvalue weighted by Crippen LogP contribution is -2.12. The summed E-state index contributed by atoms with van der Waals surface area (Å²) in [5, 5.41) is 3.21. The van der Waals surface area contributed by atoms with Crippen molar-refractivity contribution in [2.45, 2.75) is 19.9 Å². The molecule has 0 radical (unpaired) electrons. The van der Waals surface area contributed by atoms with E-state index in [1.165, 1.54) is 0 Å². The van der Waals surface area contributed by atoms with Crippen LogP contribution in [-0.4, -0.2) is 18.1 Å². The second-order valence-corrected chi connectivity index (χ2v) is 3.07. The number of ether oxygens (including phenoxy) is 1. The highest BCUT2D eigenvalue weighted by Crippen LogP contribution is 2.09. The number of hydrogen-bond donors (Lipinski definition) is 1. The number of rotatable bonds is 6. The third-order valence-electron chi connectivity index (χ3n) is 1.87. The van der Waals surface area contributed by atoms with E-state index in [0.717, 1.165) is 24.5 Å². The minimum Gasteiger partial charge on any atom is -0.491 e. The van der Waals surface area contributed by atoms with Crippen LogP contribution in [0.2, 0.25) is 0 Å². The molecule has 0 atom stereocenters. The molecule has 0 spiro atoms. The van der Waals surface area contributed by atoms with E-state index in [0.29, 0.717) is 13.0 Å². The number of terminal acetylenes is 1. The first-order chi connectivity index (χ1) is 7.36. The SMILES string of the molecule is C#CCCOc1ccc(CNCC)nc1. The summed E-state index contributed by atoms with van der Waals surface area (Å²) in [7, 11) is 0. The molecular formula is C12H16N2O. The minimum absolute atomic E-state index is 0.546. The third kappa shape index (κ3) is 4.48. The fourth-order valence-electron chi connectivity index (χ4n) is 1.08. The molecule has 0 bridgehead atoms.